The van der Waals surface area contributed by atoms with E-state index in [9.17, 15) is 5.11 Å². The number of aliphatic hydroxyl groups excluding tert-OH is 1. The van der Waals surface area contributed by atoms with Crippen LogP contribution in [-0.4, -0.2) is 50.4 Å². The van der Waals surface area contributed by atoms with Gasteiger partial charge in [-0.1, -0.05) is 0 Å². The number of aromatic amines is 1. The lowest BCUT2D eigenvalue weighted by molar-refractivity contribution is 0.276. The number of aliphatic hydroxyl groups is 1. The highest BCUT2D eigenvalue weighted by molar-refractivity contribution is 5.54. The fraction of sp³-hybridized carbons (Fsp3) is 0.588. The number of hydrogen-bond donors (Lipinski definition) is 4. The minimum absolute atomic E-state index is 0.116. The minimum Gasteiger partial charge on any atom is -0.390 e. The van der Waals surface area contributed by atoms with Gasteiger partial charge >= 0.3 is 0 Å². The zero-order valence-electron chi connectivity index (χ0n) is 14.7. The number of rotatable bonds is 5. The van der Waals surface area contributed by atoms with Crippen molar-refractivity contribution in [1.82, 2.24) is 25.5 Å². The number of aromatic nitrogens is 4. The first-order chi connectivity index (χ1) is 12.1. The Morgan fingerprint density at radius 3 is 2.60 bits per heavy atom. The van der Waals surface area contributed by atoms with Crippen molar-refractivity contribution in [1.29, 1.82) is 0 Å². The molecule has 0 amide bonds. The van der Waals surface area contributed by atoms with Crippen LogP contribution < -0.4 is 15.5 Å². The number of aryl methyl sites for hydroxylation is 1. The fourth-order valence-electron chi connectivity index (χ4n) is 3.91. The van der Waals surface area contributed by atoms with E-state index in [0.717, 1.165) is 18.5 Å². The molecular weight excluding hydrogens is 318 g/mol. The molecule has 0 aromatic carbocycles. The van der Waals surface area contributed by atoms with Crippen molar-refractivity contribution in [2.75, 3.05) is 17.3 Å². The highest BCUT2D eigenvalue weighted by Gasteiger charge is 2.35. The van der Waals surface area contributed by atoms with Crippen LogP contribution in [-0.2, 0) is 6.61 Å². The molecule has 2 aliphatic heterocycles. The van der Waals surface area contributed by atoms with Crippen LogP contribution >= 0.6 is 0 Å². The number of anilines is 3. The highest BCUT2D eigenvalue weighted by Crippen LogP contribution is 2.31. The van der Waals surface area contributed by atoms with Crippen LogP contribution in [0.2, 0.25) is 0 Å². The Bertz CT molecular complexity index is 734. The van der Waals surface area contributed by atoms with Gasteiger partial charge in [-0.15, -0.1) is 0 Å². The smallest absolute Gasteiger partial charge is 0.227 e. The molecule has 0 spiro atoms. The minimum atomic E-state index is -0.116. The normalized spacial score (nSPS) is 25.2. The van der Waals surface area contributed by atoms with E-state index in [4.69, 9.17) is 0 Å². The molecular formula is C17H25N7O. The van der Waals surface area contributed by atoms with Gasteiger partial charge in [-0.2, -0.15) is 10.1 Å². The van der Waals surface area contributed by atoms with E-state index >= 15 is 0 Å². The Kier molecular flexibility index (Phi) is 4.30. The van der Waals surface area contributed by atoms with Gasteiger partial charge in [0.05, 0.1) is 12.3 Å². The summed E-state index contributed by atoms with van der Waals surface area (Å²) in [6.45, 7) is 1.83. The van der Waals surface area contributed by atoms with E-state index in [1.54, 1.807) is 6.07 Å². The van der Waals surface area contributed by atoms with Crippen molar-refractivity contribution in [3.63, 3.8) is 0 Å². The van der Waals surface area contributed by atoms with E-state index in [2.05, 4.69) is 35.7 Å². The molecule has 2 bridgehead atoms. The molecule has 2 aliphatic rings. The molecule has 4 N–H and O–H groups in total. The van der Waals surface area contributed by atoms with Crippen LogP contribution in [0.15, 0.2) is 12.1 Å². The van der Waals surface area contributed by atoms with E-state index in [-0.39, 0.29) is 6.61 Å². The van der Waals surface area contributed by atoms with Crippen LogP contribution in [0.4, 0.5) is 17.6 Å². The Morgan fingerprint density at radius 2 is 1.96 bits per heavy atom. The molecule has 2 saturated heterocycles. The lowest BCUT2D eigenvalue weighted by atomic mass is 9.99. The first kappa shape index (κ1) is 16.3. The Hall–Kier alpha value is -2.19. The number of piperidine rings is 1. The van der Waals surface area contributed by atoms with Crippen molar-refractivity contribution in [3.05, 3.63) is 23.5 Å². The summed E-state index contributed by atoms with van der Waals surface area (Å²) in [5, 5.41) is 23.5. The summed E-state index contributed by atoms with van der Waals surface area (Å²) >= 11 is 0. The SMILES string of the molecule is Cc1cc(Nc2cc(CO)nc(N(C)[C@@H]3C[C@H]4CC[C@@H](C3)N4)n2)n[nH]1. The Balaban J connectivity index is 1.56. The third-order valence-corrected chi connectivity index (χ3v) is 5.20. The van der Waals surface area contributed by atoms with Gasteiger partial charge in [-0.3, -0.25) is 5.10 Å². The van der Waals surface area contributed by atoms with E-state index < -0.39 is 0 Å². The maximum atomic E-state index is 9.57. The van der Waals surface area contributed by atoms with Gasteiger partial charge in [0, 0.05) is 43.0 Å². The summed E-state index contributed by atoms with van der Waals surface area (Å²) in [7, 11) is 2.05. The lowest BCUT2D eigenvalue weighted by Gasteiger charge is -2.35. The number of H-pyrrole nitrogens is 1. The number of nitrogens with zero attached hydrogens (tertiary/aromatic N) is 4. The van der Waals surface area contributed by atoms with Crippen molar-refractivity contribution < 1.29 is 5.11 Å². The summed E-state index contributed by atoms with van der Waals surface area (Å²) in [6.07, 6.45) is 4.75. The second-order valence-electron chi connectivity index (χ2n) is 7.14. The second kappa shape index (κ2) is 6.61. The van der Waals surface area contributed by atoms with Crippen LogP contribution in [0.25, 0.3) is 0 Å². The van der Waals surface area contributed by atoms with Crippen molar-refractivity contribution in [2.45, 2.75) is 57.3 Å². The molecule has 8 heteroatoms. The van der Waals surface area contributed by atoms with Crippen LogP contribution in [0, 0.1) is 6.92 Å². The number of nitrogens with one attached hydrogen (secondary N) is 3. The van der Waals surface area contributed by atoms with Crippen molar-refractivity contribution >= 4 is 17.6 Å². The maximum Gasteiger partial charge on any atom is 0.227 e. The predicted octanol–water partition coefficient (Wildman–Crippen LogP) is 1.46. The fourth-order valence-corrected chi connectivity index (χ4v) is 3.91. The highest BCUT2D eigenvalue weighted by atomic mass is 16.3. The largest absolute Gasteiger partial charge is 0.390 e. The third-order valence-electron chi connectivity index (χ3n) is 5.20. The van der Waals surface area contributed by atoms with Gasteiger partial charge < -0.3 is 20.6 Å². The van der Waals surface area contributed by atoms with E-state index in [1.165, 1.54) is 12.8 Å². The first-order valence-electron chi connectivity index (χ1n) is 8.87. The van der Waals surface area contributed by atoms with Crippen molar-refractivity contribution in [3.8, 4) is 0 Å². The predicted molar refractivity (Wildman–Crippen MR) is 95.9 cm³/mol. The molecule has 4 heterocycles. The Labute approximate surface area is 147 Å². The molecule has 25 heavy (non-hydrogen) atoms. The zero-order chi connectivity index (χ0) is 17.4. The van der Waals surface area contributed by atoms with Gasteiger partial charge in [0.15, 0.2) is 5.82 Å². The molecule has 2 fully saturated rings. The second-order valence-corrected chi connectivity index (χ2v) is 7.14. The van der Waals surface area contributed by atoms with Crippen LogP contribution in [0.5, 0.6) is 0 Å². The summed E-state index contributed by atoms with van der Waals surface area (Å²) in [5.41, 5.74) is 1.57. The third kappa shape index (κ3) is 3.45. The van der Waals surface area contributed by atoms with Crippen LogP contribution in [0.1, 0.15) is 37.1 Å². The first-order valence-corrected chi connectivity index (χ1v) is 8.87. The summed E-state index contributed by atoms with van der Waals surface area (Å²) in [4.78, 5) is 11.3. The molecule has 134 valence electrons. The molecule has 0 radical (unpaired) electrons. The molecule has 4 rings (SSSR count). The molecule has 2 aromatic heterocycles. The van der Waals surface area contributed by atoms with Crippen LogP contribution in [0.3, 0.4) is 0 Å². The van der Waals surface area contributed by atoms with Gasteiger partial charge in [0.2, 0.25) is 5.95 Å². The monoisotopic (exact) mass is 343 g/mol. The average molecular weight is 343 g/mol. The zero-order valence-corrected chi connectivity index (χ0v) is 14.7. The van der Waals surface area contributed by atoms with Gasteiger partial charge in [0.25, 0.3) is 0 Å². The summed E-state index contributed by atoms with van der Waals surface area (Å²) in [5.74, 6) is 1.99. The van der Waals surface area contributed by atoms with Gasteiger partial charge in [0.1, 0.15) is 5.82 Å². The molecule has 0 saturated carbocycles. The van der Waals surface area contributed by atoms with E-state index in [1.807, 2.05) is 20.0 Å². The quantitative estimate of drug-likeness (QED) is 0.652. The molecule has 2 aromatic rings. The van der Waals surface area contributed by atoms with Gasteiger partial charge in [-0.25, -0.2) is 4.98 Å². The molecule has 8 nitrogen and oxygen atoms in total. The maximum absolute atomic E-state index is 9.57. The average Bonchev–Trinajstić information content (AvgIpc) is 3.18. The summed E-state index contributed by atoms with van der Waals surface area (Å²) < 4.78 is 0. The Morgan fingerprint density at radius 1 is 1.20 bits per heavy atom. The lowest BCUT2D eigenvalue weighted by Crippen LogP contribution is -2.47. The molecule has 3 atom stereocenters. The molecule has 0 unspecified atom stereocenters. The van der Waals surface area contributed by atoms with Crippen molar-refractivity contribution in [2.24, 2.45) is 0 Å². The number of fused-ring (bicyclic) bond motifs is 2. The van der Waals surface area contributed by atoms with Gasteiger partial charge in [-0.05, 0) is 32.6 Å². The van der Waals surface area contributed by atoms with E-state index in [0.29, 0.717) is 41.4 Å². The standard InChI is InChI=1S/C17H25N7O/c1-10-5-16(23-22-10)20-15-8-13(9-25)19-17(21-15)24(2)14-6-11-3-4-12(7-14)18-11/h5,8,11-12,14,18,25H,3-4,6-7,9H2,1-2H3,(H2,19,20,21,22,23)/t11-,12+,14-. The topological polar surface area (TPSA) is 102 Å². The number of hydrogen-bond acceptors (Lipinski definition) is 7. The summed E-state index contributed by atoms with van der Waals surface area (Å²) in [6, 6.07) is 5.31. The molecule has 0 aliphatic carbocycles.